The van der Waals surface area contributed by atoms with Gasteiger partial charge in [-0.3, -0.25) is 9.78 Å². The first-order valence-electron chi connectivity index (χ1n) is 9.54. The molecule has 3 N–H and O–H groups in total. The van der Waals surface area contributed by atoms with Gasteiger partial charge in [0.05, 0.1) is 41.4 Å². The van der Waals surface area contributed by atoms with Gasteiger partial charge in [0.1, 0.15) is 0 Å². The van der Waals surface area contributed by atoms with Crippen molar-refractivity contribution in [1.29, 1.82) is 0 Å². The molecule has 146 valence electrons. The average molecular weight is 394 g/mol. The number of carbonyl (C=O) groups is 1. The molecule has 5 rings (SSSR count). The Bertz CT molecular complexity index is 1330. The molecule has 0 spiro atoms. The van der Waals surface area contributed by atoms with Crippen molar-refractivity contribution >= 4 is 39.3 Å². The third-order valence-corrected chi connectivity index (χ3v) is 4.85. The van der Waals surface area contributed by atoms with E-state index in [2.05, 4.69) is 30.6 Å². The van der Waals surface area contributed by atoms with Crippen LogP contribution in [-0.2, 0) is 6.54 Å². The average Bonchev–Trinajstić information content (AvgIpc) is 3.18. The quantitative estimate of drug-likeness (QED) is 0.411. The predicted molar refractivity (Wildman–Crippen MR) is 117 cm³/mol. The summed E-state index contributed by atoms with van der Waals surface area (Å²) in [5.74, 6) is 0.251. The minimum atomic E-state index is -0.218. The third kappa shape index (κ3) is 3.44. The standard InChI is InChI=1S/C23H18N6O/c30-22(19-9-5-8-18-17-7-1-2-10-20(17)29-21(18)19)28-16-13-26-23(27-14-16)25-12-15-6-3-4-11-24-15/h1-11,13-14,29H,12H2,(H,28,30)(H,25,26,27). The molecule has 2 aromatic carbocycles. The second-order valence-electron chi connectivity index (χ2n) is 6.82. The van der Waals surface area contributed by atoms with Gasteiger partial charge < -0.3 is 15.6 Å². The van der Waals surface area contributed by atoms with Gasteiger partial charge in [0.15, 0.2) is 0 Å². The molecule has 5 aromatic rings. The number of H-pyrrole nitrogens is 1. The lowest BCUT2D eigenvalue weighted by atomic mass is 10.1. The molecular weight excluding hydrogens is 376 g/mol. The summed E-state index contributed by atoms with van der Waals surface area (Å²) in [7, 11) is 0. The Morgan fingerprint density at radius 2 is 1.67 bits per heavy atom. The summed E-state index contributed by atoms with van der Waals surface area (Å²) in [6, 6.07) is 19.4. The fraction of sp³-hybridized carbons (Fsp3) is 0.0435. The van der Waals surface area contributed by atoms with Crippen LogP contribution in [0.4, 0.5) is 11.6 Å². The number of carbonyl (C=O) groups excluding carboxylic acids is 1. The second kappa shape index (κ2) is 7.63. The van der Waals surface area contributed by atoms with Gasteiger partial charge in [0, 0.05) is 22.5 Å². The highest BCUT2D eigenvalue weighted by molar-refractivity contribution is 6.17. The van der Waals surface area contributed by atoms with E-state index in [1.807, 2.05) is 54.6 Å². The Labute approximate surface area is 172 Å². The topological polar surface area (TPSA) is 95.6 Å². The number of fused-ring (bicyclic) bond motifs is 3. The molecular formula is C23H18N6O. The SMILES string of the molecule is O=C(Nc1cnc(NCc2ccccn2)nc1)c1cccc2c1[nH]c1ccccc12. The molecule has 7 heteroatoms. The zero-order valence-electron chi connectivity index (χ0n) is 16.0. The number of hydrogen-bond acceptors (Lipinski definition) is 5. The van der Waals surface area contributed by atoms with Crippen LogP contribution in [0.2, 0.25) is 0 Å². The van der Waals surface area contributed by atoms with Crippen LogP contribution in [0.25, 0.3) is 21.8 Å². The summed E-state index contributed by atoms with van der Waals surface area (Å²) in [6.45, 7) is 0.523. The van der Waals surface area contributed by atoms with Crippen LogP contribution >= 0.6 is 0 Å². The van der Waals surface area contributed by atoms with E-state index in [4.69, 9.17) is 0 Å². The minimum absolute atomic E-state index is 0.218. The zero-order valence-corrected chi connectivity index (χ0v) is 16.0. The predicted octanol–water partition coefficient (Wildman–Crippen LogP) is 4.37. The Hall–Kier alpha value is -4.26. The minimum Gasteiger partial charge on any atom is -0.354 e. The van der Waals surface area contributed by atoms with Crippen molar-refractivity contribution in [2.75, 3.05) is 10.6 Å². The number of aromatic amines is 1. The molecule has 0 bridgehead atoms. The van der Waals surface area contributed by atoms with Gasteiger partial charge in [-0.05, 0) is 24.3 Å². The summed E-state index contributed by atoms with van der Waals surface area (Å²) >= 11 is 0. The van der Waals surface area contributed by atoms with Crippen LogP contribution in [0, 0.1) is 0 Å². The number of benzene rings is 2. The molecule has 0 aliphatic carbocycles. The lowest BCUT2D eigenvalue weighted by molar-refractivity contribution is 0.102. The molecule has 0 aliphatic heterocycles. The number of hydrogen-bond donors (Lipinski definition) is 3. The molecule has 1 amide bonds. The fourth-order valence-electron chi connectivity index (χ4n) is 3.42. The maximum Gasteiger partial charge on any atom is 0.257 e. The van der Waals surface area contributed by atoms with Gasteiger partial charge in [0.25, 0.3) is 5.91 Å². The van der Waals surface area contributed by atoms with Crippen LogP contribution in [0.15, 0.2) is 79.3 Å². The Balaban J connectivity index is 1.33. The number of aromatic nitrogens is 4. The molecule has 3 heterocycles. The van der Waals surface area contributed by atoms with Crippen LogP contribution in [-0.4, -0.2) is 25.8 Å². The molecule has 0 unspecified atom stereocenters. The molecule has 0 saturated carbocycles. The number of pyridine rings is 1. The number of anilines is 2. The van der Waals surface area contributed by atoms with Crippen molar-refractivity contribution in [2.24, 2.45) is 0 Å². The van der Waals surface area contributed by atoms with E-state index in [0.717, 1.165) is 27.5 Å². The van der Waals surface area contributed by atoms with Crippen LogP contribution in [0.1, 0.15) is 16.1 Å². The largest absolute Gasteiger partial charge is 0.354 e. The molecule has 0 saturated heterocycles. The second-order valence-corrected chi connectivity index (χ2v) is 6.82. The molecule has 7 nitrogen and oxygen atoms in total. The highest BCUT2D eigenvalue weighted by Crippen LogP contribution is 2.27. The zero-order chi connectivity index (χ0) is 20.3. The van der Waals surface area contributed by atoms with Crippen molar-refractivity contribution in [3.8, 4) is 0 Å². The van der Waals surface area contributed by atoms with E-state index in [-0.39, 0.29) is 5.91 Å². The van der Waals surface area contributed by atoms with Crippen molar-refractivity contribution in [2.45, 2.75) is 6.54 Å². The van der Waals surface area contributed by atoms with Gasteiger partial charge in [0.2, 0.25) is 5.95 Å². The normalized spacial score (nSPS) is 10.9. The number of amides is 1. The number of nitrogens with zero attached hydrogens (tertiary/aromatic N) is 3. The number of nitrogens with one attached hydrogen (secondary N) is 3. The maximum absolute atomic E-state index is 12.9. The van der Waals surface area contributed by atoms with E-state index in [0.29, 0.717) is 23.7 Å². The summed E-state index contributed by atoms with van der Waals surface area (Å²) < 4.78 is 0. The van der Waals surface area contributed by atoms with Gasteiger partial charge >= 0.3 is 0 Å². The maximum atomic E-state index is 12.9. The van der Waals surface area contributed by atoms with Gasteiger partial charge in [-0.1, -0.05) is 36.4 Å². The van der Waals surface area contributed by atoms with E-state index in [1.54, 1.807) is 24.7 Å². The lowest BCUT2D eigenvalue weighted by Gasteiger charge is -2.07. The van der Waals surface area contributed by atoms with E-state index >= 15 is 0 Å². The Morgan fingerprint density at radius 1 is 0.867 bits per heavy atom. The molecule has 30 heavy (non-hydrogen) atoms. The Kier molecular flexibility index (Phi) is 4.53. The summed E-state index contributed by atoms with van der Waals surface area (Å²) in [4.78, 5) is 29.0. The molecule has 0 fully saturated rings. The molecule has 3 aromatic heterocycles. The molecule has 0 aliphatic rings. The van der Waals surface area contributed by atoms with E-state index in [1.165, 1.54) is 0 Å². The number of rotatable bonds is 5. The van der Waals surface area contributed by atoms with E-state index < -0.39 is 0 Å². The van der Waals surface area contributed by atoms with E-state index in [9.17, 15) is 4.79 Å². The van der Waals surface area contributed by atoms with Crippen molar-refractivity contribution < 1.29 is 4.79 Å². The number of para-hydroxylation sites is 2. The first-order chi connectivity index (χ1) is 14.8. The Morgan fingerprint density at radius 3 is 2.50 bits per heavy atom. The smallest absolute Gasteiger partial charge is 0.257 e. The summed E-state index contributed by atoms with van der Waals surface area (Å²) in [5.41, 5.74) is 3.80. The van der Waals surface area contributed by atoms with Crippen LogP contribution in [0.5, 0.6) is 0 Å². The highest BCUT2D eigenvalue weighted by Gasteiger charge is 2.14. The first-order valence-corrected chi connectivity index (χ1v) is 9.54. The van der Waals surface area contributed by atoms with Crippen molar-refractivity contribution in [1.82, 2.24) is 19.9 Å². The summed E-state index contributed by atoms with van der Waals surface area (Å²) in [5, 5.41) is 8.09. The first kappa shape index (κ1) is 17.8. The highest BCUT2D eigenvalue weighted by atomic mass is 16.1. The van der Waals surface area contributed by atoms with Crippen molar-refractivity contribution in [3.63, 3.8) is 0 Å². The third-order valence-electron chi connectivity index (χ3n) is 4.85. The fourth-order valence-corrected chi connectivity index (χ4v) is 3.42. The van der Waals surface area contributed by atoms with Gasteiger partial charge in [-0.15, -0.1) is 0 Å². The van der Waals surface area contributed by atoms with Crippen LogP contribution in [0.3, 0.4) is 0 Å². The van der Waals surface area contributed by atoms with Crippen molar-refractivity contribution in [3.05, 3.63) is 90.5 Å². The molecule has 0 radical (unpaired) electrons. The van der Waals surface area contributed by atoms with Gasteiger partial charge in [-0.2, -0.15) is 0 Å². The van der Waals surface area contributed by atoms with Gasteiger partial charge in [-0.25, -0.2) is 9.97 Å². The lowest BCUT2D eigenvalue weighted by Crippen LogP contribution is -2.13. The monoisotopic (exact) mass is 394 g/mol. The summed E-state index contributed by atoms with van der Waals surface area (Å²) in [6.07, 6.45) is 4.90. The molecule has 0 atom stereocenters. The van der Waals surface area contributed by atoms with Crippen LogP contribution < -0.4 is 10.6 Å².